The summed E-state index contributed by atoms with van der Waals surface area (Å²) in [6.07, 6.45) is 1.43. The molecule has 2 aromatic heterocycles. The molecule has 0 saturated heterocycles. The first-order valence-electron chi connectivity index (χ1n) is 10.5. The van der Waals surface area contributed by atoms with Crippen LogP contribution in [0.15, 0.2) is 66.7 Å². The fourth-order valence-corrected chi connectivity index (χ4v) is 4.11. The summed E-state index contributed by atoms with van der Waals surface area (Å²) in [5.41, 5.74) is 3.93. The van der Waals surface area contributed by atoms with E-state index in [2.05, 4.69) is 5.10 Å². The number of ketones is 1. The van der Waals surface area contributed by atoms with Gasteiger partial charge < -0.3 is 0 Å². The number of rotatable bonds is 3. The van der Waals surface area contributed by atoms with Gasteiger partial charge in [0.2, 0.25) is 0 Å². The highest BCUT2D eigenvalue weighted by Gasteiger charge is 2.35. The maximum absolute atomic E-state index is 14.0. The van der Waals surface area contributed by atoms with Crippen LogP contribution in [0.25, 0.3) is 28.3 Å². The molecule has 1 aliphatic rings. The molecule has 1 aliphatic carbocycles. The quantitative estimate of drug-likeness (QED) is 0.399. The molecule has 160 valence electrons. The number of aromatic nitrogens is 3. The minimum atomic E-state index is -0.399. The smallest absolute Gasteiger partial charge is 0.170 e. The van der Waals surface area contributed by atoms with E-state index in [1.54, 1.807) is 35.0 Å². The van der Waals surface area contributed by atoms with Crippen LogP contribution in [0.2, 0.25) is 0 Å². The molecule has 4 aromatic rings. The predicted molar refractivity (Wildman–Crippen MR) is 119 cm³/mol. The van der Waals surface area contributed by atoms with E-state index in [9.17, 15) is 13.6 Å². The molecule has 0 amide bonds. The number of pyridine rings is 1. The van der Waals surface area contributed by atoms with Crippen LogP contribution in [0, 0.1) is 17.0 Å². The molecular formula is C26H21F2N3O. The van der Waals surface area contributed by atoms with Gasteiger partial charge in [-0.2, -0.15) is 5.10 Å². The largest absolute Gasteiger partial charge is 0.294 e. The first kappa shape index (κ1) is 20.2. The van der Waals surface area contributed by atoms with Gasteiger partial charge in [-0.3, -0.25) is 9.78 Å². The lowest BCUT2D eigenvalue weighted by Gasteiger charge is -2.29. The summed E-state index contributed by atoms with van der Waals surface area (Å²) in [5.74, 6) is -0.656. The van der Waals surface area contributed by atoms with Gasteiger partial charge in [0.1, 0.15) is 11.6 Å². The molecule has 2 aromatic carbocycles. The molecule has 2 heterocycles. The number of halogens is 2. The molecular weight excluding hydrogens is 408 g/mol. The Labute approximate surface area is 184 Å². The minimum absolute atomic E-state index is 0.0943. The van der Waals surface area contributed by atoms with Crippen molar-refractivity contribution in [1.29, 1.82) is 0 Å². The van der Waals surface area contributed by atoms with Gasteiger partial charge in [0.15, 0.2) is 5.78 Å². The van der Waals surface area contributed by atoms with E-state index in [4.69, 9.17) is 4.98 Å². The molecule has 0 spiro atoms. The van der Waals surface area contributed by atoms with E-state index in [-0.39, 0.29) is 17.4 Å². The zero-order valence-electron chi connectivity index (χ0n) is 17.8. The molecule has 0 aliphatic heterocycles. The normalized spacial score (nSPS) is 14.9. The van der Waals surface area contributed by atoms with Crippen molar-refractivity contribution < 1.29 is 13.6 Å². The molecule has 0 atom stereocenters. The number of fused-ring (bicyclic) bond motifs is 1. The van der Waals surface area contributed by atoms with Crippen molar-refractivity contribution in [3.63, 3.8) is 0 Å². The zero-order valence-corrected chi connectivity index (χ0v) is 17.8. The first-order valence-corrected chi connectivity index (χ1v) is 10.5. The highest BCUT2D eigenvalue weighted by Crippen LogP contribution is 2.36. The second kappa shape index (κ2) is 7.48. The van der Waals surface area contributed by atoms with E-state index in [1.807, 2.05) is 26.0 Å². The Hall–Kier alpha value is -3.67. The molecule has 32 heavy (non-hydrogen) atoms. The third kappa shape index (κ3) is 3.51. The molecule has 6 heteroatoms. The number of carbonyl (C=O) groups is 1. The number of hydrogen-bond acceptors (Lipinski definition) is 3. The lowest BCUT2D eigenvalue weighted by molar-refractivity contribution is 0.0809. The van der Waals surface area contributed by atoms with Crippen molar-refractivity contribution in [2.24, 2.45) is 5.41 Å². The second-order valence-electron chi connectivity index (χ2n) is 8.72. The van der Waals surface area contributed by atoms with Gasteiger partial charge in [0.25, 0.3) is 0 Å². The molecule has 0 N–H and O–H groups in total. The molecule has 4 nitrogen and oxygen atoms in total. The van der Waals surface area contributed by atoms with E-state index >= 15 is 0 Å². The van der Waals surface area contributed by atoms with Crippen LogP contribution in [0.3, 0.4) is 0 Å². The summed E-state index contributed by atoms with van der Waals surface area (Å²) >= 11 is 0. The van der Waals surface area contributed by atoms with Crippen molar-refractivity contribution in [3.8, 4) is 28.3 Å². The average molecular weight is 429 g/mol. The van der Waals surface area contributed by atoms with E-state index in [0.717, 1.165) is 12.1 Å². The monoisotopic (exact) mass is 429 g/mol. The lowest BCUT2D eigenvalue weighted by atomic mass is 9.75. The highest BCUT2D eigenvalue weighted by atomic mass is 19.1. The van der Waals surface area contributed by atoms with E-state index in [0.29, 0.717) is 40.3 Å². The Kier molecular flexibility index (Phi) is 4.73. The number of carbonyl (C=O) groups excluding carboxylic acids is 1. The van der Waals surface area contributed by atoms with Crippen molar-refractivity contribution in [1.82, 2.24) is 14.8 Å². The topological polar surface area (TPSA) is 47.8 Å². The third-order valence-electron chi connectivity index (χ3n) is 5.97. The maximum atomic E-state index is 14.0. The molecule has 0 saturated carbocycles. The van der Waals surface area contributed by atoms with Gasteiger partial charge in [-0.1, -0.05) is 32.0 Å². The summed E-state index contributed by atoms with van der Waals surface area (Å²) in [6, 6.07) is 17.7. The van der Waals surface area contributed by atoms with Gasteiger partial charge >= 0.3 is 0 Å². The molecule has 0 unspecified atom stereocenters. The van der Waals surface area contributed by atoms with Gasteiger partial charge in [0, 0.05) is 16.5 Å². The summed E-state index contributed by atoms with van der Waals surface area (Å²) in [5, 5.41) is 4.64. The Bertz CT molecular complexity index is 1360. The number of Topliss-reactive ketones (excluding diaryl/α,β-unsaturated/α-hetero) is 1. The Morgan fingerprint density at radius 3 is 2.41 bits per heavy atom. The van der Waals surface area contributed by atoms with E-state index in [1.165, 1.54) is 24.3 Å². The van der Waals surface area contributed by atoms with Crippen molar-refractivity contribution in [2.75, 3.05) is 0 Å². The Morgan fingerprint density at radius 1 is 0.906 bits per heavy atom. The number of benzene rings is 2. The molecule has 0 fully saturated rings. The van der Waals surface area contributed by atoms with Crippen LogP contribution in [-0.2, 0) is 6.42 Å². The molecule has 0 bridgehead atoms. The van der Waals surface area contributed by atoms with Gasteiger partial charge in [-0.25, -0.2) is 13.5 Å². The fourth-order valence-electron chi connectivity index (χ4n) is 4.11. The second-order valence-corrected chi connectivity index (χ2v) is 8.72. The fraction of sp³-hybridized carbons (Fsp3) is 0.192. The van der Waals surface area contributed by atoms with Gasteiger partial charge in [-0.15, -0.1) is 0 Å². The summed E-state index contributed by atoms with van der Waals surface area (Å²) < 4.78 is 29.4. The van der Waals surface area contributed by atoms with Crippen molar-refractivity contribution in [3.05, 3.63) is 89.6 Å². The van der Waals surface area contributed by atoms with Crippen LogP contribution in [0.1, 0.15) is 36.3 Å². The average Bonchev–Trinajstić information content (AvgIpc) is 3.22. The van der Waals surface area contributed by atoms with Crippen LogP contribution >= 0.6 is 0 Å². The predicted octanol–water partition coefficient (Wildman–Crippen LogP) is 6.03. The standard InChI is InChI=1S/C26H21F2N3O/c1-26(2)12-11-21-20(25(26)32)9-10-22(29-21)24-15-23(16-5-3-6-17(27)13-16)30-31(24)19-8-4-7-18(28)14-19/h3-10,13-15H,11-12H2,1-2H3. The van der Waals surface area contributed by atoms with Crippen molar-refractivity contribution >= 4 is 5.78 Å². The summed E-state index contributed by atoms with van der Waals surface area (Å²) in [6.45, 7) is 3.91. The van der Waals surface area contributed by atoms with Crippen LogP contribution < -0.4 is 0 Å². The van der Waals surface area contributed by atoms with Crippen LogP contribution in [-0.4, -0.2) is 20.5 Å². The molecule has 5 rings (SSSR count). The molecule has 0 radical (unpaired) electrons. The zero-order chi connectivity index (χ0) is 22.5. The number of nitrogens with zero attached hydrogens (tertiary/aromatic N) is 3. The van der Waals surface area contributed by atoms with Crippen LogP contribution in [0.4, 0.5) is 8.78 Å². The maximum Gasteiger partial charge on any atom is 0.170 e. The number of hydrogen-bond donors (Lipinski definition) is 0. The van der Waals surface area contributed by atoms with Gasteiger partial charge in [0.05, 0.1) is 28.5 Å². The Morgan fingerprint density at radius 2 is 1.66 bits per heavy atom. The summed E-state index contributed by atoms with van der Waals surface area (Å²) in [4.78, 5) is 17.6. The highest BCUT2D eigenvalue weighted by molar-refractivity contribution is 6.02. The SMILES string of the molecule is CC1(C)CCc2nc(-c3cc(-c4cccc(F)c4)nn3-c3cccc(F)c3)ccc2C1=O. The first-order chi connectivity index (χ1) is 15.3. The Balaban J connectivity index is 1.67. The number of aryl methyl sites for hydroxylation is 1. The van der Waals surface area contributed by atoms with E-state index < -0.39 is 5.41 Å². The van der Waals surface area contributed by atoms with Crippen molar-refractivity contribution in [2.45, 2.75) is 26.7 Å². The van der Waals surface area contributed by atoms with Crippen LogP contribution in [0.5, 0.6) is 0 Å². The minimum Gasteiger partial charge on any atom is -0.294 e. The van der Waals surface area contributed by atoms with Gasteiger partial charge in [-0.05, 0) is 61.4 Å². The summed E-state index contributed by atoms with van der Waals surface area (Å²) in [7, 11) is 0. The lowest BCUT2D eigenvalue weighted by Crippen LogP contribution is -2.31. The third-order valence-corrected chi connectivity index (χ3v) is 5.97.